The Labute approximate surface area is 346 Å². The van der Waals surface area contributed by atoms with Crippen molar-refractivity contribution in [3.63, 3.8) is 0 Å². The first-order valence-corrected chi connectivity index (χ1v) is 25.5. The quantitative estimate of drug-likeness (QED) is 0.0312. The number of rotatable bonds is 47. The number of hydrogen-bond acceptors (Lipinski definition) is 8. The fourth-order valence-corrected chi connectivity index (χ4v) is 7.91. The maximum Gasteiger partial charge on any atom is 0.472 e. The summed E-state index contributed by atoms with van der Waals surface area (Å²) in [6, 6.07) is 0. The van der Waals surface area contributed by atoms with Crippen molar-refractivity contribution in [3.05, 3.63) is 0 Å². The Hall–Kier alpha value is -0.540. The molecule has 0 fully saturated rings. The van der Waals surface area contributed by atoms with Crippen molar-refractivity contribution in [2.24, 2.45) is 0 Å². The van der Waals surface area contributed by atoms with E-state index in [1.165, 1.54) is 193 Å². The van der Waals surface area contributed by atoms with Gasteiger partial charge in [0, 0.05) is 13.0 Å². The molecule has 0 bridgehead atoms. The van der Waals surface area contributed by atoms with Crippen LogP contribution in [0, 0.1) is 0 Å². The number of carbonyl (C=O) groups is 1. The highest BCUT2D eigenvalue weighted by Gasteiger charge is 2.26. The van der Waals surface area contributed by atoms with E-state index in [4.69, 9.17) is 23.6 Å². The number of aliphatic hydroxyl groups is 2. The number of hydrogen-bond donors (Lipinski definition) is 3. The van der Waals surface area contributed by atoms with Gasteiger partial charge in [-0.25, -0.2) is 4.57 Å². The molecule has 0 rings (SSSR count). The van der Waals surface area contributed by atoms with Gasteiger partial charge in [0.2, 0.25) is 0 Å². The molecule has 0 saturated carbocycles. The van der Waals surface area contributed by atoms with Crippen molar-refractivity contribution < 1.29 is 43.0 Å². The number of phosphoric acid groups is 1. The number of esters is 1. The van der Waals surface area contributed by atoms with Crippen LogP contribution in [0.5, 0.6) is 0 Å². The number of ether oxygens (including phenoxy) is 2. The van der Waals surface area contributed by atoms with E-state index in [1.807, 2.05) is 0 Å². The molecule has 0 aromatic carbocycles. The molecule has 0 radical (unpaired) electrons. The van der Waals surface area contributed by atoms with Crippen molar-refractivity contribution in [1.82, 2.24) is 0 Å². The molecule has 3 N–H and O–H groups in total. The molecule has 0 aromatic rings. The maximum absolute atomic E-state index is 12.6. The average Bonchev–Trinajstić information content (AvgIpc) is 3.19. The first-order chi connectivity index (χ1) is 27.3. The predicted octanol–water partition coefficient (Wildman–Crippen LogP) is 13.5. The Balaban J connectivity index is 4.00. The molecular weight excluding hydrogens is 727 g/mol. The lowest BCUT2D eigenvalue weighted by molar-refractivity contribution is -0.154. The number of unbranched alkanes of at least 4 members (excludes halogenated alkanes) is 33. The van der Waals surface area contributed by atoms with Crippen molar-refractivity contribution >= 4 is 13.8 Å². The van der Waals surface area contributed by atoms with Crippen LogP contribution in [0.4, 0.5) is 0 Å². The second kappa shape index (κ2) is 44.0. The van der Waals surface area contributed by atoms with Gasteiger partial charge in [0.15, 0.2) is 0 Å². The Morgan fingerprint density at radius 3 is 1.16 bits per heavy atom. The smallest absolute Gasteiger partial charge is 0.457 e. The van der Waals surface area contributed by atoms with Crippen molar-refractivity contribution in [2.75, 3.05) is 33.0 Å². The van der Waals surface area contributed by atoms with Crippen LogP contribution < -0.4 is 0 Å². The Morgan fingerprint density at radius 2 is 0.804 bits per heavy atom. The number of aliphatic hydroxyl groups excluding tert-OH is 2. The van der Waals surface area contributed by atoms with Crippen LogP contribution in [0.3, 0.4) is 0 Å². The third-order valence-corrected chi connectivity index (χ3v) is 11.7. The number of carbonyl (C=O) groups excluding carboxylic acids is 1. The molecule has 0 aromatic heterocycles. The van der Waals surface area contributed by atoms with E-state index in [9.17, 15) is 19.4 Å². The van der Waals surface area contributed by atoms with Gasteiger partial charge in [0.1, 0.15) is 12.2 Å². The monoisotopic (exact) mass is 821 g/mol. The lowest BCUT2D eigenvalue weighted by Gasteiger charge is -2.20. The molecule has 0 spiro atoms. The van der Waals surface area contributed by atoms with Gasteiger partial charge in [-0.1, -0.05) is 226 Å². The molecule has 3 unspecified atom stereocenters. The standard InChI is InChI=1S/C46H93O9P/c1-3-5-7-9-11-13-15-17-18-19-20-21-22-23-24-25-27-29-31-33-35-37-39-52-42-45(43-54-56(50,51)53-41-44(48)40-47)55-46(49)38-36-34-32-30-28-26-16-14-12-10-8-6-4-2/h44-45,47-48H,3-43H2,1-2H3,(H,50,51). The summed E-state index contributed by atoms with van der Waals surface area (Å²) in [5.41, 5.74) is 0. The van der Waals surface area contributed by atoms with Gasteiger partial charge in [0.05, 0.1) is 26.4 Å². The summed E-state index contributed by atoms with van der Waals surface area (Å²) >= 11 is 0. The summed E-state index contributed by atoms with van der Waals surface area (Å²) in [7, 11) is -4.51. The third kappa shape index (κ3) is 43.0. The van der Waals surface area contributed by atoms with E-state index < -0.39 is 33.2 Å². The summed E-state index contributed by atoms with van der Waals surface area (Å²) < 4.78 is 33.4. The van der Waals surface area contributed by atoms with Gasteiger partial charge in [-0.2, -0.15) is 0 Å². The van der Waals surface area contributed by atoms with E-state index in [0.717, 1.165) is 32.1 Å². The van der Waals surface area contributed by atoms with Crippen LogP contribution >= 0.6 is 7.82 Å². The van der Waals surface area contributed by atoms with Crippen LogP contribution in [0.2, 0.25) is 0 Å². The van der Waals surface area contributed by atoms with Gasteiger partial charge in [0.25, 0.3) is 0 Å². The van der Waals surface area contributed by atoms with E-state index in [-0.39, 0.29) is 25.6 Å². The minimum atomic E-state index is -4.51. The first kappa shape index (κ1) is 55.5. The molecule has 336 valence electrons. The van der Waals surface area contributed by atoms with Crippen molar-refractivity contribution in [1.29, 1.82) is 0 Å². The zero-order valence-corrected chi connectivity index (χ0v) is 37.8. The van der Waals surface area contributed by atoms with E-state index in [2.05, 4.69) is 13.8 Å². The number of phosphoric ester groups is 1. The van der Waals surface area contributed by atoms with E-state index in [1.54, 1.807) is 0 Å². The van der Waals surface area contributed by atoms with Crippen LogP contribution in [0.15, 0.2) is 0 Å². The van der Waals surface area contributed by atoms with Crippen molar-refractivity contribution in [3.8, 4) is 0 Å². The molecule has 56 heavy (non-hydrogen) atoms. The summed E-state index contributed by atoms with van der Waals surface area (Å²) in [5, 5.41) is 18.4. The van der Waals surface area contributed by atoms with Gasteiger partial charge in [-0.05, 0) is 12.8 Å². The maximum atomic E-state index is 12.6. The molecule has 3 atom stereocenters. The largest absolute Gasteiger partial charge is 0.472 e. The van der Waals surface area contributed by atoms with E-state index >= 15 is 0 Å². The summed E-state index contributed by atoms with van der Waals surface area (Å²) in [6.07, 6.45) is 43.5. The van der Waals surface area contributed by atoms with Crippen molar-refractivity contribution in [2.45, 2.75) is 257 Å². The molecule has 9 nitrogen and oxygen atoms in total. The van der Waals surface area contributed by atoms with Gasteiger partial charge >= 0.3 is 13.8 Å². The first-order valence-electron chi connectivity index (χ1n) is 24.0. The zero-order chi connectivity index (χ0) is 41.1. The van der Waals surface area contributed by atoms with Crippen LogP contribution in [0.1, 0.15) is 245 Å². The van der Waals surface area contributed by atoms with Crippen LogP contribution in [0.25, 0.3) is 0 Å². The topological polar surface area (TPSA) is 132 Å². The van der Waals surface area contributed by atoms with Gasteiger partial charge < -0.3 is 24.6 Å². The Kier molecular flexibility index (Phi) is 43.6. The summed E-state index contributed by atoms with van der Waals surface area (Å²) in [5.74, 6) is -0.376. The molecule has 0 aliphatic heterocycles. The molecule has 0 aliphatic carbocycles. The molecule has 0 amide bonds. The molecule has 0 saturated heterocycles. The minimum absolute atomic E-state index is 0.0584. The van der Waals surface area contributed by atoms with Gasteiger partial charge in [-0.15, -0.1) is 0 Å². The fraction of sp³-hybridized carbons (Fsp3) is 0.978. The Bertz CT molecular complexity index is 845. The average molecular weight is 821 g/mol. The zero-order valence-electron chi connectivity index (χ0n) is 36.9. The third-order valence-electron chi connectivity index (χ3n) is 10.8. The summed E-state index contributed by atoms with van der Waals surface area (Å²) in [4.78, 5) is 22.6. The SMILES string of the molecule is CCCCCCCCCCCCCCCCCCCCCCCCOCC(COP(=O)(O)OCC(O)CO)OC(=O)CCCCCCCCCCCCCCC. The normalized spacial score (nSPS) is 13.9. The second-order valence-electron chi connectivity index (χ2n) is 16.5. The second-order valence-corrected chi connectivity index (χ2v) is 18.0. The Morgan fingerprint density at radius 1 is 0.482 bits per heavy atom. The molecule has 0 heterocycles. The van der Waals surface area contributed by atoms with Gasteiger partial charge in [-0.3, -0.25) is 13.8 Å². The lowest BCUT2D eigenvalue weighted by atomic mass is 10.0. The highest BCUT2D eigenvalue weighted by Crippen LogP contribution is 2.43. The fourth-order valence-electron chi connectivity index (χ4n) is 7.12. The van der Waals surface area contributed by atoms with Crippen LogP contribution in [-0.2, 0) is 27.9 Å². The van der Waals surface area contributed by atoms with E-state index in [0.29, 0.717) is 6.61 Å². The highest BCUT2D eigenvalue weighted by atomic mass is 31.2. The molecule has 0 aliphatic rings. The lowest BCUT2D eigenvalue weighted by Crippen LogP contribution is -2.29. The summed E-state index contributed by atoms with van der Waals surface area (Å²) in [6.45, 7) is 3.58. The highest BCUT2D eigenvalue weighted by molar-refractivity contribution is 7.47. The minimum Gasteiger partial charge on any atom is -0.457 e. The predicted molar refractivity (Wildman–Crippen MR) is 233 cm³/mol. The molecule has 10 heteroatoms. The molecular formula is C46H93O9P. The van der Waals surface area contributed by atoms with Crippen LogP contribution in [-0.4, -0.2) is 66.3 Å².